The van der Waals surface area contributed by atoms with Gasteiger partial charge < -0.3 is 23.7 Å². The predicted octanol–water partition coefficient (Wildman–Crippen LogP) is 7.27. The maximum atomic E-state index is 6.10. The van der Waals surface area contributed by atoms with Gasteiger partial charge in [-0.25, -0.2) is 0 Å². The van der Waals surface area contributed by atoms with Gasteiger partial charge in [0.1, 0.15) is 11.5 Å². The van der Waals surface area contributed by atoms with Crippen LogP contribution in [-0.2, 0) is 18.9 Å². The first-order valence-corrected chi connectivity index (χ1v) is 13.2. The zero-order valence-corrected chi connectivity index (χ0v) is 21.9. The van der Waals surface area contributed by atoms with Gasteiger partial charge in [0.25, 0.3) is 0 Å². The second-order valence-electron chi connectivity index (χ2n) is 10.5. The largest absolute Gasteiger partial charge is 0.457 e. The van der Waals surface area contributed by atoms with Gasteiger partial charge in [0.15, 0.2) is 0 Å². The molecule has 2 aromatic carbocycles. The molecule has 2 aliphatic heterocycles. The highest BCUT2D eigenvalue weighted by Gasteiger charge is 2.37. The molecule has 2 aromatic rings. The molecule has 35 heavy (non-hydrogen) atoms. The highest BCUT2D eigenvalue weighted by atomic mass is 16.5. The van der Waals surface area contributed by atoms with E-state index in [-0.39, 0.29) is 12.2 Å². The smallest absolute Gasteiger partial charge is 0.127 e. The van der Waals surface area contributed by atoms with Crippen LogP contribution in [-0.4, -0.2) is 39.6 Å². The number of benzene rings is 2. The molecule has 5 nitrogen and oxygen atoms in total. The maximum absolute atomic E-state index is 6.10. The van der Waals surface area contributed by atoms with Crippen LogP contribution >= 0.6 is 0 Å². The standard InChI is InChI=1S/C30H42O5/c1-5-29(19-31-20-29)15-17-33-23(3)25-7-11-27(12-8-25)35-28-13-9-26(10-14-28)24(4)34-18-16-30(6-2)21-32-22-30/h7-14,23-24H,5-6,15-22H2,1-4H3. The Balaban J connectivity index is 1.21. The van der Waals surface area contributed by atoms with Gasteiger partial charge in [-0.15, -0.1) is 0 Å². The summed E-state index contributed by atoms with van der Waals surface area (Å²) in [5.41, 5.74) is 2.99. The van der Waals surface area contributed by atoms with Crippen LogP contribution in [0.15, 0.2) is 48.5 Å². The Bertz CT molecular complexity index is 813. The summed E-state index contributed by atoms with van der Waals surface area (Å²) in [5, 5.41) is 0. The number of rotatable bonds is 14. The molecule has 2 atom stereocenters. The van der Waals surface area contributed by atoms with Crippen LogP contribution in [0.5, 0.6) is 11.5 Å². The predicted molar refractivity (Wildman–Crippen MR) is 138 cm³/mol. The molecule has 0 saturated carbocycles. The Hall–Kier alpha value is -1.92. The van der Waals surface area contributed by atoms with Crippen molar-refractivity contribution in [1.82, 2.24) is 0 Å². The van der Waals surface area contributed by atoms with Crippen LogP contribution in [0.25, 0.3) is 0 Å². The minimum absolute atomic E-state index is 0.0590. The van der Waals surface area contributed by atoms with E-state index in [9.17, 15) is 0 Å². The van der Waals surface area contributed by atoms with Gasteiger partial charge in [-0.05, 0) is 74.9 Å². The minimum atomic E-state index is 0.0590. The van der Waals surface area contributed by atoms with E-state index in [1.54, 1.807) is 0 Å². The average molecular weight is 483 g/mol. The topological polar surface area (TPSA) is 46.2 Å². The monoisotopic (exact) mass is 482 g/mol. The molecule has 2 heterocycles. The Labute approximate surface area is 211 Å². The van der Waals surface area contributed by atoms with E-state index in [4.69, 9.17) is 23.7 Å². The van der Waals surface area contributed by atoms with Crippen LogP contribution in [0.1, 0.15) is 76.7 Å². The van der Waals surface area contributed by atoms with Crippen LogP contribution in [0.2, 0.25) is 0 Å². The van der Waals surface area contributed by atoms with Crippen molar-refractivity contribution in [3.05, 3.63) is 59.7 Å². The quantitative estimate of drug-likeness (QED) is 0.283. The van der Waals surface area contributed by atoms with Crippen molar-refractivity contribution in [2.45, 2.75) is 65.6 Å². The fourth-order valence-electron chi connectivity index (χ4n) is 4.68. The molecule has 2 saturated heterocycles. The average Bonchev–Trinajstić information content (AvgIpc) is 2.83. The molecular weight excluding hydrogens is 440 g/mol. The van der Waals surface area contributed by atoms with Crippen LogP contribution in [0, 0.1) is 10.8 Å². The summed E-state index contributed by atoms with van der Waals surface area (Å²) in [7, 11) is 0. The second-order valence-corrected chi connectivity index (χ2v) is 10.5. The summed E-state index contributed by atoms with van der Waals surface area (Å²) >= 11 is 0. The van der Waals surface area contributed by atoms with Gasteiger partial charge in [-0.3, -0.25) is 0 Å². The van der Waals surface area contributed by atoms with Crippen LogP contribution in [0.4, 0.5) is 0 Å². The lowest BCUT2D eigenvalue weighted by Gasteiger charge is -2.41. The maximum Gasteiger partial charge on any atom is 0.127 e. The molecular formula is C30H42O5. The molecule has 0 amide bonds. The zero-order valence-electron chi connectivity index (χ0n) is 21.9. The third-order valence-corrected chi connectivity index (χ3v) is 8.07. The molecule has 192 valence electrons. The summed E-state index contributed by atoms with van der Waals surface area (Å²) in [6, 6.07) is 16.4. The highest BCUT2D eigenvalue weighted by Crippen LogP contribution is 2.36. The molecule has 4 rings (SSSR count). The molecule has 0 radical (unpaired) electrons. The van der Waals surface area contributed by atoms with E-state index in [0.717, 1.165) is 88.0 Å². The van der Waals surface area contributed by atoms with Crippen molar-refractivity contribution in [3.8, 4) is 11.5 Å². The number of hydrogen-bond acceptors (Lipinski definition) is 5. The molecule has 0 spiro atoms. The first-order valence-electron chi connectivity index (χ1n) is 13.2. The lowest BCUT2D eigenvalue weighted by atomic mass is 9.80. The molecule has 0 aliphatic carbocycles. The minimum Gasteiger partial charge on any atom is -0.457 e. The van der Waals surface area contributed by atoms with E-state index in [1.807, 2.05) is 24.3 Å². The van der Waals surface area contributed by atoms with E-state index < -0.39 is 0 Å². The highest BCUT2D eigenvalue weighted by molar-refractivity contribution is 5.35. The van der Waals surface area contributed by atoms with Crippen molar-refractivity contribution in [2.24, 2.45) is 10.8 Å². The van der Waals surface area contributed by atoms with Gasteiger partial charge in [-0.1, -0.05) is 38.1 Å². The fourth-order valence-corrected chi connectivity index (χ4v) is 4.68. The van der Waals surface area contributed by atoms with Gasteiger partial charge in [0, 0.05) is 24.0 Å². The van der Waals surface area contributed by atoms with Crippen molar-refractivity contribution in [2.75, 3.05) is 39.6 Å². The number of ether oxygens (including phenoxy) is 5. The van der Waals surface area contributed by atoms with Crippen molar-refractivity contribution >= 4 is 0 Å². The van der Waals surface area contributed by atoms with Gasteiger partial charge in [-0.2, -0.15) is 0 Å². The Morgan fingerprint density at radius 1 is 0.657 bits per heavy atom. The zero-order chi connectivity index (χ0) is 24.7. The summed E-state index contributed by atoms with van der Waals surface area (Å²) < 4.78 is 29.1. The van der Waals surface area contributed by atoms with Crippen molar-refractivity contribution in [3.63, 3.8) is 0 Å². The Morgan fingerprint density at radius 3 is 1.31 bits per heavy atom. The van der Waals surface area contributed by atoms with Crippen molar-refractivity contribution in [1.29, 1.82) is 0 Å². The fraction of sp³-hybridized carbons (Fsp3) is 0.600. The van der Waals surface area contributed by atoms with E-state index >= 15 is 0 Å². The van der Waals surface area contributed by atoms with Crippen LogP contribution < -0.4 is 4.74 Å². The van der Waals surface area contributed by atoms with E-state index in [1.165, 1.54) is 0 Å². The molecule has 5 heteroatoms. The Morgan fingerprint density at radius 2 is 1.03 bits per heavy atom. The van der Waals surface area contributed by atoms with E-state index in [2.05, 4.69) is 52.0 Å². The molecule has 2 unspecified atom stereocenters. The second kappa shape index (κ2) is 11.9. The third kappa shape index (κ3) is 6.65. The number of hydrogen-bond donors (Lipinski definition) is 0. The van der Waals surface area contributed by atoms with Crippen molar-refractivity contribution < 1.29 is 23.7 Å². The summed E-state index contributed by atoms with van der Waals surface area (Å²) in [6.07, 6.45) is 4.54. The summed E-state index contributed by atoms with van der Waals surface area (Å²) in [5.74, 6) is 1.64. The lowest BCUT2D eigenvalue weighted by Crippen LogP contribution is -2.42. The normalized spacial score (nSPS) is 19.9. The van der Waals surface area contributed by atoms with E-state index in [0.29, 0.717) is 10.8 Å². The first-order chi connectivity index (χ1) is 17.0. The Kier molecular flexibility index (Phi) is 8.87. The third-order valence-electron chi connectivity index (χ3n) is 8.07. The SMILES string of the molecule is CCC1(CCOC(C)c2ccc(Oc3ccc(C(C)OCCC4(CC)COC4)cc3)cc2)COC1. The molecule has 0 bridgehead atoms. The first kappa shape index (κ1) is 26.2. The molecule has 2 fully saturated rings. The molecule has 0 aromatic heterocycles. The van der Waals surface area contributed by atoms with Gasteiger partial charge in [0.05, 0.1) is 38.6 Å². The summed E-state index contributed by atoms with van der Waals surface area (Å²) in [6.45, 7) is 13.7. The van der Waals surface area contributed by atoms with Gasteiger partial charge in [0.2, 0.25) is 0 Å². The summed E-state index contributed by atoms with van der Waals surface area (Å²) in [4.78, 5) is 0. The van der Waals surface area contributed by atoms with Gasteiger partial charge >= 0.3 is 0 Å². The lowest BCUT2D eigenvalue weighted by molar-refractivity contribution is -0.130. The molecule has 0 N–H and O–H groups in total. The molecule has 2 aliphatic rings. The van der Waals surface area contributed by atoms with Crippen LogP contribution in [0.3, 0.4) is 0 Å².